The lowest BCUT2D eigenvalue weighted by Crippen LogP contribution is -2.57. The third-order valence-electron chi connectivity index (χ3n) is 6.45. The topological polar surface area (TPSA) is 137 Å². The Morgan fingerprint density at radius 1 is 1.16 bits per heavy atom. The zero-order valence-electron chi connectivity index (χ0n) is 21.9. The number of halogens is 2. The fourth-order valence-electron chi connectivity index (χ4n) is 4.29. The van der Waals surface area contributed by atoms with Crippen molar-refractivity contribution in [2.45, 2.75) is 76.6 Å². The second-order valence-electron chi connectivity index (χ2n) is 11.1. The number of hydrogen-bond acceptors (Lipinski definition) is 5. The molecule has 2 fully saturated rings. The number of carbonyl (C=O) groups excluding carboxylic acids is 4. The summed E-state index contributed by atoms with van der Waals surface area (Å²) in [4.78, 5) is 50.8. The van der Waals surface area contributed by atoms with Crippen LogP contribution in [0.15, 0.2) is 24.3 Å². The van der Waals surface area contributed by atoms with Crippen molar-refractivity contribution in [2.75, 3.05) is 6.54 Å². The number of aliphatic hydroxyl groups is 1. The van der Waals surface area contributed by atoms with Crippen LogP contribution in [0.3, 0.4) is 0 Å². The fraction of sp³-hybridized carbons (Fsp3) is 0.556. The van der Waals surface area contributed by atoms with Crippen LogP contribution >= 0.6 is 11.6 Å². The Morgan fingerprint density at radius 2 is 1.87 bits per heavy atom. The zero-order valence-corrected chi connectivity index (χ0v) is 22.6. The number of rotatable bonds is 11. The van der Waals surface area contributed by atoms with Gasteiger partial charge in [0.15, 0.2) is 6.10 Å². The largest absolute Gasteiger partial charge is 0.381 e. The number of aliphatic hydroxyl groups excluding tert-OH is 1. The minimum atomic E-state index is -1.60. The van der Waals surface area contributed by atoms with Crippen LogP contribution in [0.5, 0.6) is 0 Å². The molecule has 1 saturated carbocycles. The van der Waals surface area contributed by atoms with Crippen LogP contribution in [0.25, 0.3) is 6.08 Å². The summed E-state index contributed by atoms with van der Waals surface area (Å²) in [7, 11) is 0. The Kier molecular flexibility index (Phi) is 9.89. The molecule has 1 aliphatic heterocycles. The summed E-state index contributed by atoms with van der Waals surface area (Å²) in [5.41, 5.74) is -0.453. The monoisotopic (exact) mass is 550 g/mol. The highest BCUT2D eigenvalue weighted by Crippen LogP contribution is 2.33. The van der Waals surface area contributed by atoms with E-state index >= 15 is 0 Å². The van der Waals surface area contributed by atoms with Crippen LogP contribution in [0, 0.1) is 17.7 Å². The first-order chi connectivity index (χ1) is 17.8. The molecule has 2 aliphatic rings. The summed E-state index contributed by atoms with van der Waals surface area (Å²) < 4.78 is 14.0. The van der Waals surface area contributed by atoms with Crippen molar-refractivity contribution in [2.24, 2.45) is 11.8 Å². The van der Waals surface area contributed by atoms with Gasteiger partial charge >= 0.3 is 0 Å². The van der Waals surface area contributed by atoms with E-state index < -0.39 is 53.2 Å². The first-order valence-corrected chi connectivity index (χ1v) is 13.2. The third kappa shape index (κ3) is 9.09. The number of carbonyl (C=O) groups is 4. The van der Waals surface area contributed by atoms with Crippen molar-refractivity contribution in [1.29, 1.82) is 0 Å². The molecule has 3 rings (SSSR count). The predicted molar refractivity (Wildman–Crippen MR) is 141 cm³/mol. The lowest BCUT2D eigenvalue weighted by Gasteiger charge is -2.30. The number of hydrogen-bond donors (Lipinski definition) is 5. The quantitative estimate of drug-likeness (QED) is 0.269. The lowest BCUT2D eigenvalue weighted by molar-refractivity contribution is -0.136. The summed E-state index contributed by atoms with van der Waals surface area (Å²) in [6.45, 7) is 5.77. The van der Waals surface area contributed by atoms with Crippen molar-refractivity contribution in [3.63, 3.8) is 0 Å². The smallest absolute Gasteiger partial charge is 0.251 e. The SMILES string of the molecule is CC(C)(C)NC(=O)C(O)C(CC1CCNC1=O)NC(=O)C(CC1CC1)NC(=O)/C=C/c1ccc(Cl)cc1F. The molecule has 1 aromatic rings. The van der Waals surface area contributed by atoms with Gasteiger partial charge in [-0.05, 0) is 64.2 Å². The Labute approximate surface area is 227 Å². The average Bonchev–Trinajstić information content (AvgIpc) is 3.55. The molecule has 0 radical (unpaired) electrons. The van der Waals surface area contributed by atoms with E-state index in [1.165, 1.54) is 18.2 Å². The summed E-state index contributed by atoms with van der Waals surface area (Å²) in [5, 5.41) is 21.9. The Balaban J connectivity index is 1.72. The molecule has 1 saturated heterocycles. The zero-order chi connectivity index (χ0) is 28.0. The van der Waals surface area contributed by atoms with Crippen molar-refractivity contribution in [3.8, 4) is 0 Å². The highest BCUT2D eigenvalue weighted by atomic mass is 35.5. The molecular formula is C27H36ClFN4O5. The van der Waals surface area contributed by atoms with Gasteiger partial charge in [0.1, 0.15) is 11.9 Å². The van der Waals surface area contributed by atoms with E-state index in [9.17, 15) is 28.7 Å². The number of nitrogens with one attached hydrogen (secondary N) is 4. The second kappa shape index (κ2) is 12.7. The van der Waals surface area contributed by atoms with E-state index in [4.69, 9.17) is 11.6 Å². The van der Waals surface area contributed by atoms with Gasteiger partial charge in [-0.2, -0.15) is 0 Å². The van der Waals surface area contributed by atoms with Crippen LogP contribution in [0.1, 0.15) is 58.4 Å². The third-order valence-corrected chi connectivity index (χ3v) is 6.69. The van der Waals surface area contributed by atoms with Gasteiger partial charge in [0.05, 0.1) is 6.04 Å². The van der Waals surface area contributed by atoms with Gasteiger partial charge in [-0.1, -0.05) is 30.5 Å². The molecule has 0 aromatic heterocycles. The average molecular weight is 551 g/mol. The molecule has 4 atom stereocenters. The molecule has 0 spiro atoms. The normalized spacial score (nSPS) is 19.9. The maximum atomic E-state index is 14.0. The highest BCUT2D eigenvalue weighted by molar-refractivity contribution is 6.30. The maximum absolute atomic E-state index is 14.0. The van der Waals surface area contributed by atoms with E-state index in [-0.39, 0.29) is 28.8 Å². The van der Waals surface area contributed by atoms with Gasteiger partial charge < -0.3 is 26.4 Å². The van der Waals surface area contributed by atoms with E-state index in [2.05, 4.69) is 21.3 Å². The van der Waals surface area contributed by atoms with Gasteiger partial charge in [0, 0.05) is 34.7 Å². The molecular weight excluding hydrogens is 515 g/mol. The minimum Gasteiger partial charge on any atom is -0.381 e. The summed E-state index contributed by atoms with van der Waals surface area (Å²) in [6.07, 6.45) is 3.63. The molecule has 4 unspecified atom stereocenters. The maximum Gasteiger partial charge on any atom is 0.251 e. The predicted octanol–water partition coefficient (Wildman–Crippen LogP) is 2.06. The van der Waals surface area contributed by atoms with Crippen molar-refractivity contribution < 1.29 is 28.7 Å². The molecule has 5 N–H and O–H groups in total. The standard InChI is InChI=1S/C27H36ClFN4O5/c1-27(2,3)33-26(38)23(35)20(13-17-10-11-30-24(17)36)32-25(37)21(12-15-4-5-15)31-22(34)9-7-16-6-8-18(28)14-19(16)29/h6-9,14-15,17,20-21,23,35H,4-5,10-13H2,1-3H3,(H,30,36)(H,31,34)(H,32,37)(H,33,38)/b9-7+. The van der Waals surface area contributed by atoms with E-state index in [0.29, 0.717) is 19.4 Å². The second-order valence-corrected chi connectivity index (χ2v) is 11.5. The van der Waals surface area contributed by atoms with E-state index in [1.807, 2.05) is 0 Å². The van der Waals surface area contributed by atoms with Gasteiger partial charge in [-0.15, -0.1) is 0 Å². The molecule has 1 heterocycles. The van der Waals surface area contributed by atoms with Gasteiger partial charge in [-0.3, -0.25) is 19.2 Å². The molecule has 208 valence electrons. The van der Waals surface area contributed by atoms with Crippen LogP contribution in [-0.2, 0) is 19.2 Å². The van der Waals surface area contributed by atoms with Crippen LogP contribution in [-0.4, -0.2) is 59.0 Å². The minimum absolute atomic E-state index is 0.0656. The Hall–Kier alpha value is -2.98. The molecule has 9 nitrogen and oxygen atoms in total. The molecule has 0 bridgehead atoms. The fourth-order valence-corrected chi connectivity index (χ4v) is 4.45. The first-order valence-electron chi connectivity index (χ1n) is 12.8. The van der Waals surface area contributed by atoms with Crippen molar-refractivity contribution >= 4 is 41.3 Å². The molecule has 38 heavy (non-hydrogen) atoms. The number of amides is 4. The molecule has 1 aromatic carbocycles. The first kappa shape index (κ1) is 29.6. The Morgan fingerprint density at radius 3 is 2.45 bits per heavy atom. The van der Waals surface area contributed by atoms with Gasteiger partial charge in [0.2, 0.25) is 17.7 Å². The number of benzene rings is 1. The van der Waals surface area contributed by atoms with Gasteiger partial charge in [-0.25, -0.2) is 4.39 Å². The van der Waals surface area contributed by atoms with Gasteiger partial charge in [0.25, 0.3) is 5.91 Å². The summed E-state index contributed by atoms with van der Waals surface area (Å²) in [5.74, 6) is -2.83. The summed E-state index contributed by atoms with van der Waals surface area (Å²) in [6, 6.07) is 2.08. The van der Waals surface area contributed by atoms with Crippen molar-refractivity contribution in [1.82, 2.24) is 21.3 Å². The van der Waals surface area contributed by atoms with Crippen molar-refractivity contribution in [3.05, 3.63) is 40.7 Å². The van der Waals surface area contributed by atoms with E-state index in [0.717, 1.165) is 25.0 Å². The van der Waals surface area contributed by atoms with Crippen LogP contribution in [0.2, 0.25) is 5.02 Å². The van der Waals surface area contributed by atoms with E-state index in [1.54, 1.807) is 20.8 Å². The Bertz CT molecular complexity index is 1090. The highest BCUT2D eigenvalue weighted by Gasteiger charge is 2.37. The van der Waals surface area contributed by atoms with Crippen LogP contribution in [0.4, 0.5) is 4.39 Å². The van der Waals surface area contributed by atoms with Crippen LogP contribution < -0.4 is 21.3 Å². The molecule has 4 amide bonds. The molecule has 11 heteroatoms. The molecule has 1 aliphatic carbocycles. The lowest BCUT2D eigenvalue weighted by atomic mass is 9.93. The summed E-state index contributed by atoms with van der Waals surface area (Å²) >= 11 is 5.76.